The molecule has 0 bridgehead atoms. The van der Waals surface area contributed by atoms with E-state index in [-0.39, 0.29) is 0 Å². The van der Waals surface area contributed by atoms with E-state index in [2.05, 4.69) is 36.3 Å². The Balaban J connectivity index is 1.18. The lowest BCUT2D eigenvalue weighted by Crippen LogP contribution is -2.47. The SMILES string of the molecule is Cc1nn(C)c2c1CN([S+]([O-])CC1CC(N(C)c3ncnc4[nH]ccc34)C1)CC2. The second-order valence-corrected chi connectivity index (χ2v) is 9.77. The minimum absolute atomic E-state index is 0.443. The van der Waals surface area contributed by atoms with Gasteiger partial charge in [-0.2, -0.15) is 5.10 Å². The first kappa shape index (κ1) is 18.9. The molecule has 29 heavy (non-hydrogen) atoms. The molecule has 0 radical (unpaired) electrons. The first-order valence-corrected chi connectivity index (χ1v) is 11.4. The van der Waals surface area contributed by atoms with E-state index in [1.54, 1.807) is 6.33 Å². The third kappa shape index (κ3) is 3.31. The molecule has 154 valence electrons. The van der Waals surface area contributed by atoms with Crippen molar-refractivity contribution in [3.05, 3.63) is 35.5 Å². The van der Waals surface area contributed by atoms with E-state index in [1.807, 2.05) is 30.9 Å². The highest BCUT2D eigenvalue weighted by atomic mass is 32.2. The van der Waals surface area contributed by atoms with Crippen molar-refractivity contribution in [1.82, 2.24) is 29.0 Å². The molecule has 1 saturated carbocycles. The Morgan fingerprint density at radius 2 is 2.17 bits per heavy atom. The standard InChI is InChI=1S/C20H27N7OS/c1-13-17-10-27(7-5-18(17)26(3)24-13)29(28)11-14-8-15(9-14)25(2)20-16-4-6-21-19(16)22-12-23-20/h4,6,12,14-15H,5,7-11H2,1-3H3,(H,21,22,23). The van der Waals surface area contributed by atoms with Gasteiger partial charge in [0, 0.05) is 61.3 Å². The summed E-state index contributed by atoms with van der Waals surface area (Å²) in [6.45, 7) is 3.65. The predicted molar refractivity (Wildman–Crippen MR) is 114 cm³/mol. The van der Waals surface area contributed by atoms with E-state index in [9.17, 15) is 4.55 Å². The minimum Gasteiger partial charge on any atom is -0.598 e. The first-order chi connectivity index (χ1) is 14.0. The number of aryl methyl sites for hydroxylation is 2. The summed E-state index contributed by atoms with van der Waals surface area (Å²) in [6, 6.07) is 2.47. The van der Waals surface area contributed by atoms with Gasteiger partial charge in [0.05, 0.1) is 24.2 Å². The maximum atomic E-state index is 13.0. The lowest BCUT2D eigenvalue weighted by molar-refractivity contribution is 0.276. The molecule has 3 aromatic rings. The minimum atomic E-state index is -0.933. The average molecular weight is 414 g/mol. The number of anilines is 1. The van der Waals surface area contributed by atoms with Crippen LogP contribution in [0.2, 0.25) is 0 Å². The summed E-state index contributed by atoms with van der Waals surface area (Å²) in [5, 5.41) is 5.58. The van der Waals surface area contributed by atoms with Crippen LogP contribution in [0, 0.1) is 12.8 Å². The molecule has 9 heteroatoms. The number of H-pyrrole nitrogens is 1. The molecule has 2 aliphatic rings. The second-order valence-electron chi connectivity index (χ2n) is 8.28. The van der Waals surface area contributed by atoms with Gasteiger partial charge in [-0.05, 0) is 25.8 Å². The number of nitrogens with zero attached hydrogens (tertiary/aromatic N) is 6. The Kier molecular flexibility index (Phi) is 4.76. The van der Waals surface area contributed by atoms with E-state index in [4.69, 9.17) is 0 Å². The van der Waals surface area contributed by atoms with Gasteiger partial charge in [0.15, 0.2) is 0 Å². The zero-order valence-electron chi connectivity index (χ0n) is 17.1. The molecule has 0 amide bonds. The molecule has 1 unspecified atom stereocenters. The van der Waals surface area contributed by atoms with Gasteiger partial charge in [-0.15, -0.1) is 4.31 Å². The van der Waals surface area contributed by atoms with Gasteiger partial charge in [0.2, 0.25) is 0 Å². The molecule has 8 nitrogen and oxygen atoms in total. The van der Waals surface area contributed by atoms with Gasteiger partial charge in [-0.1, -0.05) is 0 Å². The summed E-state index contributed by atoms with van der Waals surface area (Å²) >= 11 is -0.933. The van der Waals surface area contributed by atoms with Gasteiger partial charge in [0.1, 0.15) is 23.5 Å². The zero-order chi connectivity index (χ0) is 20.1. The van der Waals surface area contributed by atoms with E-state index in [0.717, 1.165) is 60.7 Å². The van der Waals surface area contributed by atoms with Crippen molar-refractivity contribution in [3.63, 3.8) is 0 Å². The van der Waals surface area contributed by atoms with Crippen LogP contribution < -0.4 is 4.90 Å². The van der Waals surface area contributed by atoms with Crippen LogP contribution in [0.25, 0.3) is 11.0 Å². The smallest absolute Gasteiger partial charge is 0.142 e. The highest BCUT2D eigenvalue weighted by molar-refractivity contribution is 7.89. The van der Waals surface area contributed by atoms with Gasteiger partial charge < -0.3 is 14.4 Å². The normalized spacial score (nSPS) is 23.0. The Morgan fingerprint density at radius 3 is 3.00 bits per heavy atom. The van der Waals surface area contributed by atoms with Crippen molar-refractivity contribution in [1.29, 1.82) is 0 Å². The maximum Gasteiger partial charge on any atom is 0.142 e. The summed E-state index contributed by atoms with van der Waals surface area (Å²) < 4.78 is 17.1. The molecule has 4 heterocycles. The zero-order valence-corrected chi connectivity index (χ0v) is 17.9. The highest BCUT2D eigenvalue weighted by Gasteiger charge is 2.38. The van der Waals surface area contributed by atoms with Gasteiger partial charge in [-0.3, -0.25) is 4.68 Å². The summed E-state index contributed by atoms with van der Waals surface area (Å²) in [7, 11) is 4.10. The van der Waals surface area contributed by atoms with Crippen molar-refractivity contribution in [3.8, 4) is 0 Å². The number of aromatic nitrogens is 5. The summed E-state index contributed by atoms with van der Waals surface area (Å²) in [5.74, 6) is 2.22. The molecule has 1 aliphatic carbocycles. The third-order valence-electron chi connectivity index (χ3n) is 6.50. The van der Waals surface area contributed by atoms with E-state index in [0.29, 0.717) is 12.0 Å². The number of nitrogens with one attached hydrogen (secondary N) is 1. The number of fused-ring (bicyclic) bond motifs is 2. The fourth-order valence-corrected chi connectivity index (χ4v) is 6.15. The molecule has 1 atom stereocenters. The molecule has 1 N–H and O–H groups in total. The first-order valence-electron chi connectivity index (χ1n) is 10.2. The van der Waals surface area contributed by atoms with E-state index < -0.39 is 11.4 Å². The number of hydrogen-bond donors (Lipinski definition) is 1. The van der Waals surface area contributed by atoms with Crippen LogP contribution in [0.3, 0.4) is 0 Å². The molecule has 5 rings (SSSR count). The Morgan fingerprint density at radius 1 is 1.34 bits per heavy atom. The van der Waals surface area contributed by atoms with E-state index >= 15 is 0 Å². The van der Waals surface area contributed by atoms with Gasteiger partial charge in [-0.25, -0.2) is 9.97 Å². The van der Waals surface area contributed by atoms with Crippen molar-refractivity contribution in [2.24, 2.45) is 13.0 Å². The lowest BCUT2D eigenvalue weighted by atomic mass is 9.81. The van der Waals surface area contributed by atoms with E-state index in [1.165, 1.54) is 11.3 Å². The fraction of sp³-hybridized carbons (Fsp3) is 0.550. The monoisotopic (exact) mass is 413 g/mol. The summed E-state index contributed by atoms with van der Waals surface area (Å²) in [5.41, 5.74) is 4.49. The largest absolute Gasteiger partial charge is 0.598 e. The molecule has 1 aliphatic heterocycles. The number of hydrogen-bond acceptors (Lipinski definition) is 6. The fourth-order valence-electron chi connectivity index (χ4n) is 4.70. The third-order valence-corrected chi connectivity index (χ3v) is 8.14. The lowest BCUT2D eigenvalue weighted by Gasteiger charge is -2.42. The Bertz CT molecular complexity index is 1030. The molecule has 0 saturated heterocycles. The highest BCUT2D eigenvalue weighted by Crippen LogP contribution is 2.36. The average Bonchev–Trinajstić information content (AvgIpc) is 3.28. The Hall–Kier alpha value is -2.10. The molecular formula is C20H27N7OS. The molecular weight excluding hydrogens is 386 g/mol. The topological polar surface area (TPSA) is 88.9 Å². The summed E-state index contributed by atoms with van der Waals surface area (Å²) in [4.78, 5) is 14.2. The Labute approximate surface area is 173 Å². The molecule has 3 aromatic heterocycles. The second kappa shape index (κ2) is 7.30. The van der Waals surface area contributed by atoms with Crippen molar-refractivity contribution in [2.45, 2.75) is 38.8 Å². The van der Waals surface area contributed by atoms with Crippen LogP contribution in [0.5, 0.6) is 0 Å². The van der Waals surface area contributed by atoms with Crippen LogP contribution in [0.15, 0.2) is 18.6 Å². The van der Waals surface area contributed by atoms with Crippen LogP contribution in [-0.2, 0) is 31.4 Å². The van der Waals surface area contributed by atoms with Gasteiger partial charge in [0.25, 0.3) is 0 Å². The summed E-state index contributed by atoms with van der Waals surface area (Å²) in [6.07, 6.45) is 6.56. The quantitative estimate of drug-likeness (QED) is 0.643. The van der Waals surface area contributed by atoms with Crippen LogP contribution in [0.4, 0.5) is 5.82 Å². The number of rotatable bonds is 5. The van der Waals surface area contributed by atoms with Gasteiger partial charge >= 0.3 is 0 Å². The van der Waals surface area contributed by atoms with Crippen molar-refractivity contribution < 1.29 is 4.55 Å². The van der Waals surface area contributed by atoms with Crippen LogP contribution in [-0.4, -0.2) is 59.0 Å². The van der Waals surface area contributed by atoms with Crippen LogP contribution >= 0.6 is 0 Å². The van der Waals surface area contributed by atoms with Crippen LogP contribution in [0.1, 0.15) is 29.8 Å². The number of aromatic amines is 1. The van der Waals surface area contributed by atoms with Crippen molar-refractivity contribution >= 4 is 28.2 Å². The molecule has 0 aromatic carbocycles. The molecule has 1 fully saturated rings. The van der Waals surface area contributed by atoms with Crippen molar-refractivity contribution in [2.75, 3.05) is 24.2 Å². The molecule has 0 spiro atoms. The maximum absolute atomic E-state index is 13.0. The predicted octanol–water partition coefficient (Wildman–Crippen LogP) is 1.94.